The van der Waals surface area contributed by atoms with Crippen molar-refractivity contribution < 1.29 is 14.0 Å². The second-order valence-electron chi connectivity index (χ2n) is 5.64. The van der Waals surface area contributed by atoms with Gasteiger partial charge in [-0.3, -0.25) is 4.90 Å². The van der Waals surface area contributed by atoms with Crippen LogP contribution in [-0.2, 0) is 4.74 Å². The summed E-state index contributed by atoms with van der Waals surface area (Å²) in [6, 6.07) is 5.42. The van der Waals surface area contributed by atoms with E-state index in [1.807, 2.05) is 0 Å². The van der Waals surface area contributed by atoms with Crippen molar-refractivity contribution in [1.82, 2.24) is 20.4 Å². The fourth-order valence-electron chi connectivity index (χ4n) is 2.60. The predicted octanol–water partition coefficient (Wildman–Crippen LogP) is 1.99. The smallest absolute Gasteiger partial charge is 0.261 e. The largest absolute Gasteiger partial charge is 0.490 e. The van der Waals surface area contributed by atoms with Gasteiger partial charge in [-0.05, 0) is 25.2 Å². The summed E-state index contributed by atoms with van der Waals surface area (Å²) in [5.74, 6) is 1.70. The van der Waals surface area contributed by atoms with Crippen LogP contribution in [-0.4, -0.2) is 62.0 Å². The van der Waals surface area contributed by atoms with E-state index < -0.39 is 0 Å². The summed E-state index contributed by atoms with van der Waals surface area (Å²) in [6.45, 7) is 3.62. The van der Waals surface area contributed by atoms with Crippen LogP contribution in [0.1, 0.15) is 11.9 Å². The topological polar surface area (TPSA) is 72.7 Å². The van der Waals surface area contributed by atoms with Crippen LogP contribution in [0.2, 0.25) is 5.02 Å². The van der Waals surface area contributed by atoms with Crippen molar-refractivity contribution in [2.45, 2.75) is 6.04 Å². The Balaban J connectivity index is 1.84. The van der Waals surface area contributed by atoms with Gasteiger partial charge in [0.1, 0.15) is 12.4 Å². The van der Waals surface area contributed by atoms with Crippen molar-refractivity contribution in [3.8, 4) is 17.2 Å². The summed E-state index contributed by atoms with van der Waals surface area (Å²) in [6.07, 6.45) is 0. The molecule has 1 saturated heterocycles. The Bertz CT molecular complexity index is 679. The number of rotatable bonds is 6. The zero-order valence-corrected chi connectivity index (χ0v) is 14.5. The molecule has 1 fully saturated rings. The Hall–Kier alpha value is -1.67. The first-order valence-electron chi connectivity index (χ1n) is 7.85. The van der Waals surface area contributed by atoms with Gasteiger partial charge in [0.15, 0.2) is 5.82 Å². The highest BCUT2D eigenvalue weighted by molar-refractivity contribution is 6.30. The molecule has 0 amide bonds. The lowest BCUT2D eigenvalue weighted by molar-refractivity contribution is 0.146. The van der Waals surface area contributed by atoms with E-state index in [-0.39, 0.29) is 6.04 Å². The van der Waals surface area contributed by atoms with Gasteiger partial charge in [-0.15, -0.1) is 0 Å². The molecule has 0 bridgehead atoms. The molecule has 1 aliphatic rings. The highest BCUT2D eigenvalue weighted by Crippen LogP contribution is 2.32. The summed E-state index contributed by atoms with van der Waals surface area (Å²) in [7, 11) is 3.69. The lowest BCUT2D eigenvalue weighted by atomic mass is 10.2. The Labute approximate surface area is 145 Å². The van der Waals surface area contributed by atoms with Crippen molar-refractivity contribution in [1.29, 1.82) is 0 Å². The molecule has 2 aromatic rings. The van der Waals surface area contributed by atoms with Gasteiger partial charge in [0.2, 0.25) is 0 Å². The first-order chi connectivity index (χ1) is 11.7. The number of piperazine rings is 1. The third-order valence-corrected chi connectivity index (χ3v) is 4.20. The van der Waals surface area contributed by atoms with E-state index in [9.17, 15) is 0 Å². The number of likely N-dealkylation sites (N-methyl/N-ethyl adjacent to an activating group) is 1. The molecule has 0 saturated carbocycles. The molecule has 0 radical (unpaired) electrons. The molecule has 1 aliphatic heterocycles. The molecule has 1 N–H and O–H groups in total. The minimum absolute atomic E-state index is 0.0910. The molecule has 1 atom stereocenters. The first kappa shape index (κ1) is 17.2. The zero-order valence-electron chi connectivity index (χ0n) is 13.8. The highest BCUT2D eigenvalue weighted by Gasteiger charge is 2.26. The van der Waals surface area contributed by atoms with Crippen LogP contribution in [0.4, 0.5) is 0 Å². The van der Waals surface area contributed by atoms with Crippen molar-refractivity contribution in [3.63, 3.8) is 0 Å². The van der Waals surface area contributed by atoms with Gasteiger partial charge in [-0.1, -0.05) is 16.8 Å². The van der Waals surface area contributed by atoms with Crippen molar-refractivity contribution in [2.24, 2.45) is 0 Å². The van der Waals surface area contributed by atoms with Crippen LogP contribution in [0.15, 0.2) is 22.7 Å². The average Bonchev–Trinajstić information content (AvgIpc) is 3.06. The highest BCUT2D eigenvalue weighted by atomic mass is 35.5. The van der Waals surface area contributed by atoms with Gasteiger partial charge >= 0.3 is 0 Å². The third-order valence-electron chi connectivity index (χ3n) is 3.97. The van der Waals surface area contributed by atoms with Gasteiger partial charge in [0.05, 0.1) is 18.2 Å². The molecule has 8 heteroatoms. The van der Waals surface area contributed by atoms with E-state index >= 15 is 0 Å². The second-order valence-corrected chi connectivity index (χ2v) is 6.08. The van der Waals surface area contributed by atoms with E-state index in [1.54, 1.807) is 25.3 Å². The number of benzene rings is 1. The maximum Gasteiger partial charge on any atom is 0.261 e. The van der Waals surface area contributed by atoms with E-state index in [1.165, 1.54) is 0 Å². The quantitative estimate of drug-likeness (QED) is 0.797. The van der Waals surface area contributed by atoms with Gasteiger partial charge in [0, 0.05) is 31.8 Å². The summed E-state index contributed by atoms with van der Waals surface area (Å²) in [4.78, 5) is 6.76. The summed E-state index contributed by atoms with van der Waals surface area (Å²) < 4.78 is 16.2. The molecule has 1 aromatic heterocycles. The van der Waals surface area contributed by atoms with Crippen LogP contribution < -0.4 is 10.1 Å². The average molecular weight is 353 g/mol. The molecule has 2 heterocycles. The Morgan fingerprint density at radius 1 is 1.42 bits per heavy atom. The van der Waals surface area contributed by atoms with E-state index in [2.05, 4.69) is 27.4 Å². The van der Waals surface area contributed by atoms with Crippen LogP contribution in [0, 0.1) is 0 Å². The molecule has 1 aromatic carbocycles. The SMILES string of the molecule is COCCOc1ccc(Cl)cc1-c1nc(C2CNCCN2C)no1. The maximum atomic E-state index is 6.12. The van der Waals surface area contributed by atoms with Crippen molar-refractivity contribution >= 4 is 11.6 Å². The molecule has 0 aliphatic carbocycles. The Kier molecular flexibility index (Phi) is 5.68. The number of methoxy groups -OCH3 is 1. The molecule has 24 heavy (non-hydrogen) atoms. The third kappa shape index (κ3) is 3.87. The van der Waals surface area contributed by atoms with Gasteiger partial charge < -0.3 is 19.3 Å². The number of hydrogen-bond acceptors (Lipinski definition) is 7. The molecule has 1 unspecified atom stereocenters. The normalized spacial score (nSPS) is 18.7. The van der Waals surface area contributed by atoms with E-state index in [4.69, 9.17) is 25.6 Å². The summed E-state index contributed by atoms with van der Waals surface area (Å²) in [5.41, 5.74) is 0.684. The predicted molar refractivity (Wildman–Crippen MR) is 90.4 cm³/mol. The summed E-state index contributed by atoms with van der Waals surface area (Å²) in [5, 5.41) is 8.07. The fourth-order valence-corrected chi connectivity index (χ4v) is 2.78. The molecule has 0 spiro atoms. The van der Waals surface area contributed by atoms with Gasteiger partial charge in [-0.25, -0.2) is 0 Å². The number of nitrogens with one attached hydrogen (secondary N) is 1. The molecule has 130 valence electrons. The van der Waals surface area contributed by atoms with Crippen LogP contribution in [0.25, 0.3) is 11.5 Å². The van der Waals surface area contributed by atoms with Crippen molar-refractivity contribution in [2.75, 3.05) is 47.0 Å². The number of hydrogen-bond donors (Lipinski definition) is 1. The van der Waals surface area contributed by atoms with Crippen LogP contribution in [0.5, 0.6) is 5.75 Å². The Morgan fingerprint density at radius 2 is 2.29 bits per heavy atom. The minimum Gasteiger partial charge on any atom is -0.490 e. The second kappa shape index (κ2) is 7.94. The summed E-state index contributed by atoms with van der Waals surface area (Å²) >= 11 is 6.12. The molecular weight excluding hydrogens is 332 g/mol. The maximum absolute atomic E-state index is 6.12. The minimum atomic E-state index is 0.0910. The number of aromatic nitrogens is 2. The monoisotopic (exact) mass is 352 g/mol. The molecule has 7 nitrogen and oxygen atoms in total. The van der Waals surface area contributed by atoms with Gasteiger partial charge in [-0.2, -0.15) is 4.98 Å². The van der Waals surface area contributed by atoms with Crippen LogP contribution >= 0.6 is 11.6 Å². The van der Waals surface area contributed by atoms with Crippen LogP contribution in [0.3, 0.4) is 0 Å². The van der Waals surface area contributed by atoms with Crippen molar-refractivity contribution in [3.05, 3.63) is 29.0 Å². The number of ether oxygens (including phenoxy) is 2. The Morgan fingerprint density at radius 3 is 3.08 bits per heavy atom. The number of nitrogens with zero attached hydrogens (tertiary/aromatic N) is 3. The van der Waals surface area contributed by atoms with E-state index in [0.29, 0.717) is 41.3 Å². The lowest BCUT2D eigenvalue weighted by Gasteiger charge is -2.30. The zero-order chi connectivity index (χ0) is 16.9. The molecule has 3 rings (SSSR count). The first-order valence-corrected chi connectivity index (χ1v) is 8.23. The lowest BCUT2D eigenvalue weighted by Crippen LogP contribution is -2.44. The van der Waals surface area contributed by atoms with Gasteiger partial charge in [0.25, 0.3) is 5.89 Å². The number of halogens is 1. The van der Waals surface area contributed by atoms with E-state index in [0.717, 1.165) is 19.6 Å². The standard InChI is InChI=1S/C16H21ClN4O3/c1-21-6-5-18-10-13(21)15-19-16(24-20-15)12-9-11(17)3-4-14(12)23-8-7-22-2/h3-4,9,13,18H,5-8,10H2,1-2H3. The molecular formula is C16H21ClN4O3. The fraction of sp³-hybridized carbons (Fsp3) is 0.500.